The number of amides is 1. The van der Waals surface area contributed by atoms with Crippen LogP contribution in [0.2, 0.25) is 0 Å². The van der Waals surface area contributed by atoms with Crippen LogP contribution in [0.15, 0.2) is 59.6 Å². The smallest absolute Gasteiger partial charge is 0.221 e. The van der Waals surface area contributed by atoms with Crippen molar-refractivity contribution in [1.82, 2.24) is 5.43 Å². The van der Waals surface area contributed by atoms with Crippen LogP contribution < -0.4 is 21.9 Å². The van der Waals surface area contributed by atoms with Gasteiger partial charge >= 0.3 is 0 Å². The van der Waals surface area contributed by atoms with E-state index >= 15 is 0 Å². The first-order valence-electron chi connectivity index (χ1n) is 6.42. The zero-order valence-corrected chi connectivity index (χ0v) is 11.6. The fourth-order valence-corrected chi connectivity index (χ4v) is 1.74. The van der Waals surface area contributed by atoms with Gasteiger partial charge in [-0.05, 0) is 30.3 Å². The average molecular weight is 283 g/mol. The van der Waals surface area contributed by atoms with Crippen LogP contribution in [-0.4, -0.2) is 11.9 Å². The van der Waals surface area contributed by atoms with E-state index in [2.05, 4.69) is 21.1 Å². The number of nitrogens with one attached hydrogen (secondary N) is 3. The standard InChI is InChI=1S/C15H17N5O/c1-11(21)17-13-8-5-9-14(10-13)19-15(20-16)18-12-6-3-2-4-7-12/h2-10H,16H2,1H3,(H,17,21)(H2,18,19,20). The van der Waals surface area contributed by atoms with Crippen molar-refractivity contribution in [3.8, 4) is 0 Å². The Morgan fingerprint density at radius 2 is 1.67 bits per heavy atom. The van der Waals surface area contributed by atoms with Crippen LogP contribution in [0.5, 0.6) is 0 Å². The number of benzene rings is 2. The summed E-state index contributed by atoms with van der Waals surface area (Å²) in [7, 11) is 0. The molecule has 1 amide bonds. The van der Waals surface area contributed by atoms with Gasteiger partial charge < -0.3 is 10.6 Å². The van der Waals surface area contributed by atoms with Crippen LogP contribution >= 0.6 is 0 Å². The van der Waals surface area contributed by atoms with Crippen LogP contribution in [0.1, 0.15) is 6.92 Å². The van der Waals surface area contributed by atoms with E-state index in [1.165, 1.54) is 6.92 Å². The van der Waals surface area contributed by atoms with Crippen molar-refractivity contribution >= 4 is 28.9 Å². The molecule has 0 aromatic heterocycles. The summed E-state index contributed by atoms with van der Waals surface area (Å²) in [6.07, 6.45) is 0. The minimum absolute atomic E-state index is 0.123. The molecule has 0 heterocycles. The van der Waals surface area contributed by atoms with E-state index in [9.17, 15) is 4.79 Å². The molecule has 0 aliphatic heterocycles. The molecule has 6 nitrogen and oxygen atoms in total. The van der Waals surface area contributed by atoms with Gasteiger partial charge in [0.2, 0.25) is 11.9 Å². The molecule has 0 aliphatic rings. The highest BCUT2D eigenvalue weighted by atomic mass is 16.1. The van der Waals surface area contributed by atoms with Gasteiger partial charge in [-0.2, -0.15) is 0 Å². The molecule has 2 aromatic carbocycles. The van der Waals surface area contributed by atoms with E-state index < -0.39 is 0 Å². The monoisotopic (exact) mass is 283 g/mol. The van der Waals surface area contributed by atoms with Crippen molar-refractivity contribution in [2.75, 3.05) is 10.6 Å². The number of aliphatic imine (C=N–C) groups is 1. The number of hydrogen-bond acceptors (Lipinski definition) is 3. The molecule has 5 N–H and O–H groups in total. The highest BCUT2D eigenvalue weighted by Gasteiger charge is 2.01. The molecular weight excluding hydrogens is 266 g/mol. The summed E-state index contributed by atoms with van der Waals surface area (Å²) in [5.41, 5.74) is 4.74. The average Bonchev–Trinajstić information content (AvgIpc) is 2.47. The van der Waals surface area contributed by atoms with Crippen molar-refractivity contribution in [1.29, 1.82) is 0 Å². The van der Waals surface area contributed by atoms with E-state index in [4.69, 9.17) is 5.84 Å². The number of rotatable bonds is 3. The van der Waals surface area contributed by atoms with E-state index in [-0.39, 0.29) is 5.91 Å². The molecule has 0 bridgehead atoms. The summed E-state index contributed by atoms with van der Waals surface area (Å²) in [4.78, 5) is 15.4. The third-order valence-corrected chi connectivity index (χ3v) is 2.58. The number of anilines is 2. The normalized spacial score (nSPS) is 10.9. The van der Waals surface area contributed by atoms with Crippen LogP contribution in [0, 0.1) is 0 Å². The molecule has 2 rings (SSSR count). The predicted octanol–water partition coefficient (Wildman–Crippen LogP) is 2.21. The van der Waals surface area contributed by atoms with Gasteiger partial charge in [0.1, 0.15) is 0 Å². The Morgan fingerprint density at radius 1 is 1.00 bits per heavy atom. The molecule has 2 aromatic rings. The zero-order chi connectivity index (χ0) is 15.1. The van der Waals surface area contributed by atoms with Crippen molar-refractivity contribution in [2.24, 2.45) is 10.8 Å². The van der Waals surface area contributed by atoms with E-state index in [1.807, 2.05) is 42.5 Å². The molecule has 6 heteroatoms. The number of hydrazine groups is 1. The highest BCUT2D eigenvalue weighted by molar-refractivity contribution is 5.96. The van der Waals surface area contributed by atoms with Crippen molar-refractivity contribution in [3.63, 3.8) is 0 Å². The molecule has 0 saturated heterocycles. The molecule has 0 saturated carbocycles. The summed E-state index contributed by atoms with van der Waals surface area (Å²) in [5.74, 6) is 5.76. The Bertz CT molecular complexity index is 640. The molecule has 21 heavy (non-hydrogen) atoms. The Labute approximate surface area is 123 Å². The maximum atomic E-state index is 11.1. The quantitative estimate of drug-likeness (QED) is 0.301. The molecule has 0 unspecified atom stereocenters. The summed E-state index contributed by atoms with van der Waals surface area (Å²) in [6, 6.07) is 16.7. The van der Waals surface area contributed by atoms with Gasteiger partial charge in [-0.3, -0.25) is 10.2 Å². The number of carbonyl (C=O) groups is 1. The number of nitrogens with two attached hydrogens (primary N) is 1. The SMILES string of the molecule is CC(=O)Nc1cccc(NC(=Nc2ccccc2)NN)c1. The fourth-order valence-electron chi connectivity index (χ4n) is 1.74. The van der Waals surface area contributed by atoms with Gasteiger partial charge in [0.15, 0.2) is 0 Å². The minimum Gasteiger partial charge on any atom is -0.326 e. The first kappa shape index (κ1) is 14.5. The van der Waals surface area contributed by atoms with Gasteiger partial charge in [0.25, 0.3) is 0 Å². The van der Waals surface area contributed by atoms with Gasteiger partial charge in [-0.25, -0.2) is 10.8 Å². The molecule has 0 fully saturated rings. The Morgan fingerprint density at radius 3 is 2.29 bits per heavy atom. The molecule has 0 radical (unpaired) electrons. The molecule has 0 aliphatic carbocycles. The highest BCUT2D eigenvalue weighted by Crippen LogP contribution is 2.16. The summed E-state index contributed by atoms with van der Waals surface area (Å²) >= 11 is 0. The van der Waals surface area contributed by atoms with Gasteiger partial charge in [-0.1, -0.05) is 24.3 Å². The fraction of sp³-hybridized carbons (Fsp3) is 0.0667. The first-order valence-corrected chi connectivity index (χ1v) is 6.42. The number of guanidine groups is 1. The second kappa shape index (κ2) is 7.06. The topological polar surface area (TPSA) is 91.5 Å². The van der Waals surface area contributed by atoms with E-state index in [1.54, 1.807) is 12.1 Å². The minimum atomic E-state index is -0.123. The van der Waals surface area contributed by atoms with Crippen LogP contribution in [0.4, 0.5) is 17.1 Å². The maximum Gasteiger partial charge on any atom is 0.221 e. The van der Waals surface area contributed by atoms with E-state index in [0.717, 1.165) is 11.4 Å². The number of hydrogen-bond donors (Lipinski definition) is 4. The molecule has 0 atom stereocenters. The van der Waals surface area contributed by atoms with Crippen molar-refractivity contribution in [2.45, 2.75) is 6.92 Å². The number of carbonyl (C=O) groups excluding carboxylic acids is 1. The number of para-hydroxylation sites is 1. The molecular formula is C15H17N5O. The molecule has 108 valence electrons. The van der Waals surface area contributed by atoms with Crippen LogP contribution in [-0.2, 0) is 4.79 Å². The third-order valence-electron chi connectivity index (χ3n) is 2.58. The Balaban J connectivity index is 2.15. The summed E-state index contributed by atoms with van der Waals surface area (Å²) in [5, 5.41) is 5.77. The maximum absolute atomic E-state index is 11.1. The zero-order valence-electron chi connectivity index (χ0n) is 11.6. The van der Waals surface area contributed by atoms with Crippen LogP contribution in [0.3, 0.4) is 0 Å². The first-order chi connectivity index (χ1) is 10.2. The Kier molecular flexibility index (Phi) is 4.89. The summed E-state index contributed by atoms with van der Waals surface area (Å²) in [6.45, 7) is 1.46. The van der Waals surface area contributed by atoms with Crippen LogP contribution in [0.25, 0.3) is 0 Å². The lowest BCUT2D eigenvalue weighted by molar-refractivity contribution is -0.114. The summed E-state index contributed by atoms with van der Waals surface area (Å²) < 4.78 is 0. The largest absolute Gasteiger partial charge is 0.326 e. The van der Waals surface area contributed by atoms with E-state index in [0.29, 0.717) is 11.6 Å². The second-order valence-electron chi connectivity index (χ2n) is 4.33. The van der Waals surface area contributed by atoms with Gasteiger partial charge in [0, 0.05) is 18.3 Å². The van der Waals surface area contributed by atoms with Gasteiger partial charge in [-0.15, -0.1) is 0 Å². The second-order valence-corrected chi connectivity index (χ2v) is 4.33. The lowest BCUT2D eigenvalue weighted by Gasteiger charge is -2.10. The molecule has 0 spiro atoms. The predicted molar refractivity (Wildman–Crippen MR) is 85.2 cm³/mol. The van der Waals surface area contributed by atoms with Crippen molar-refractivity contribution in [3.05, 3.63) is 54.6 Å². The lowest BCUT2D eigenvalue weighted by atomic mass is 10.2. The van der Waals surface area contributed by atoms with Crippen molar-refractivity contribution < 1.29 is 4.79 Å². The van der Waals surface area contributed by atoms with Gasteiger partial charge in [0.05, 0.1) is 5.69 Å². The third kappa shape index (κ3) is 4.63. The number of nitrogens with zero attached hydrogens (tertiary/aromatic N) is 1. The lowest BCUT2D eigenvalue weighted by Crippen LogP contribution is -2.36. The Hall–Kier alpha value is -2.86.